The molecule has 0 unspecified atom stereocenters. The van der Waals surface area contributed by atoms with Crippen molar-refractivity contribution < 1.29 is 18.4 Å². The van der Waals surface area contributed by atoms with Crippen LogP contribution in [0.5, 0.6) is 0 Å². The molecule has 0 aliphatic heterocycles. The zero-order valence-corrected chi connectivity index (χ0v) is 13.3. The Morgan fingerprint density at radius 1 is 1.25 bits per heavy atom. The fraction of sp³-hybridized carbons (Fsp3) is 0.235. The lowest BCUT2D eigenvalue weighted by atomic mass is 10.2. The summed E-state index contributed by atoms with van der Waals surface area (Å²) in [6.07, 6.45) is 2.34. The number of rotatable bonds is 5. The molecule has 1 aliphatic carbocycles. The molecule has 2 aromatic heterocycles. The third-order valence-electron chi connectivity index (χ3n) is 3.91. The lowest BCUT2D eigenvalue weighted by Crippen LogP contribution is -2.08. The van der Waals surface area contributed by atoms with Crippen LogP contribution in [0.2, 0.25) is 5.02 Å². The largest absolute Gasteiger partial charge is 0.469 e. The normalized spacial score (nSPS) is 19.2. The number of halogens is 1. The number of hydrogen-bond acceptors (Lipinski definition) is 6. The molecule has 122 valence electrons. The number of furan rings is 1. The second kappa shape index (κ2) is 6.13. The van der Waals surface area contributed by atoms with Crippen LogP contribution >= 0.6 is 11.6 Å². The summed E-state index contributed by atoms with van der Waals surface area (Å²) in [4.78, 5) is 12.0. The Morgan fingerprint density at radius 2 is 2.12 bits per heavy atom. The summed E-state index contributed by atoms with van der Waals surface area (Å²) in [7, 11) is 0. The first kappa shape index (κ1) is 15.0. The van der Waals surface area contributed by atoms with Gasteiger partial charge in [0.15, 0.2) is 6.61 Å². The highest BCUT2D eigenvalue weighted by atomic mass is 35.5. The van der Waals surface area contributed by atoms with Gasteiger partial charge in [0.05, 0.1) is 22.8 Å². The molecule has 0 spiro atoms. The highest BCUT2D eigenvalue weighted by molar-refractivity contribution is 6.33. The molecule has 2 heterocycles. The van der Waals surface area contributed by atoms with Gasteiger partial charge < -0.3 is 13.6 Å². The molecule has 1 aliphatic rings. The summed E-state index contributed by atoms with van der Waals surface area (Å²) in [5, 5.41) is 8.33. The van der Waals surface area contributed by atoms with Gasteiger partial charge >= 0.3 is 5.97 Å². The fourth-order valence-electron chi connectivity index (χ4n) is 2.57. The van der Waals surface area contributed by atoms with Gasteiger partial charge in [-0.15, -0.1) is 10.2 Å². The summed E-state index contributed by atoms with van der Waals surface area (Å²) in [5.41, 5.74) is 0.643. The SMILES string of the molecule is O=C(OCc1nnc(-c2ccccc2Cl)o1)[C@H]1C[C@@H]1c1ccco1. The van der Waals surface area contributed by atoms with Crippen molar-refractivity contribution in [2.24, 2.45) is 5.92 Å². The van der Waals surface area contributed by atoms with Crippen LogP contribution in [0, 0.1) is 5.92 Å². The van der Waals surface area contributed by atoms with Gasteiger partial charge in [-0.25, -0.2) is 0 Å². The molecule has 0 bridgehead atoms. The Hall–Kier alpha value is -2.60. The smallest absolute Gasteiger partial charge is 0.310 e. The van der Waals surface area contributed by atoms with Crippen molar-refractivity contribution in [1.82, 2.24) is 10.2 Å². The Balaban J connectivity index is 1.36. The van der Waals surface area contributed by atoms with Crippen molar-refractivity contribution in [3.8, 4) is 11.5 Å². The van der Waals surface area contributed by atoms with Gasteiger partial charge in [0.2, 0.25) is 5.89 Å². The van der Waals surface area contributed by atoms with Crippen LogP contribution in [0.4, 0.5) is 0 Å². The highest BCUT2D eigenvalue weighted by Crippen LogP contribution is 2.48. The van der Waals surface area contributed by atoms with Crippen molar-refractivity contribution >= 4 is 17.6 Å². The molecule has 24 heavy (non-hydrogen) atoms. The summed E-state index contributed by atoms with van der Waals surface area (Å²) in [5.74, 6) is 1.00. The number of aromatic nitrogens is 2. The molecule has 4 rings (SSSR count). The number of esters is 1. The Labute approximate surface area is 142 Å². The second-order valence-corrected chi connectivity index (χ2v) is 5.96. The van der Waals surface area contributed by atoms with E-state index in [1.165, 1.54) is 0 Å². The third-order valence-corrected chi connectivity index (χ3v) is 4.24. The van der Waals surface area contributed by atoms with E-state index in [0.29, 0.717) is 16.5 Å². The minimum atomic E-state index is -0.283. The molecule has 2 atom stereocenters. The Kier molecular flexibility index (Phi) is 3.82. The van der Waals surface area contributed by atoms with Gasteiger partial charge in [0.25, 0.3) is 5.89 Å². The van der Waals surface area contributed by atoms with Crippen molar-refractivity contribution in [3.05, 3.63) is 59.3 Å². The van der Waals surface area contributed by atoms with Gasteiger partial charge in [-0.2, -0.15) is 0 Å². The molecule has 1 aromatic carbocycles. The van der Waals surface area contributed by atoms with Crippen LogP contribution in [0.1, 0.15) is 24.0 Å². The fourth-order valence-corrected chi connectivity index (χ4v) is 2.78. The number of ether oxygens (including phenoxy) is 1. The van der Waals surface area contributed by atoms with Crippen LogP contribution in [0.3, 0.4) is 0 Å². The quantitative estimate of drug-likeness (QED) is 0.654. The van der Waals surface area contributed by atoms with E-state index in [0.717, 1.165) is 12.2 Å². The summed E-state index contributed by atoms with van der Waals surface area (Å²) >= 11 is 6.09. The van der Waals surface area contributed by atoms with Crippen molar-refractivity contribution in [2.75, 3.05) is 0 Å². The number of nitrogens with zero attached hydrogens (tertiary/aromatic N) is 2. The van der Waals surface area contributed by atoms with Gasteiger partial charge in [-0.1, -0.05) is 23.7 Å². The van der Waals surface area contributed by atoms with E-state index in [1.807, 2.05) is 24.3 Å². The van der Waals surface area contributed by atoms with Gasteiger partial charge in [0.1, 0.15) is 5.76 Å². The third kappa shape index (κ3) is 2.92. The maximum atomic E-state index is 12.0. The minimum absolute atomic E-state index is 0.0579. The molecule has 0 radical (unpaired) electrons. The molecule has 7 heteroatoms. The van der Waals surface area contributed by atoms with Crippen LogP contribution in [-0.4, -0.2) is 16.2 Å². The Bertz CT molecular complexity index is 859. The van der Waals surface area contributed by atoms with Crippen molar-refractivity contribution in [1.29, 1.82) is 0 Å². The summed E-state index contributed by atoms with van der Waals surface area (Å²) in [6.45, 7) is -0.0579. The molecule has 1 fully saturated rings. The van der Waals surface area contributed by atoms with E-state index in [-0.39, 0.29) is 30.3 Å². The van der Waals surface area contributed by atoms with Crippen molar-refractivity contribution in [2.45, 2.75) is 18.9 Å². The van der Waals surface area contributed by atoms with Gasteiger partial charge in [0, 0.05) is 5.92 Å². The number of benzene rings is 1. The predicted octanol–water partition coefficient (Wildman–Crippen LogP) is 3.83. The second-order valence-electron chi connectivity index (χ2n) is 5.55. The summed E-state index contributed by atoms with van der Waals surface area (Å²) < 4.78 is 16.1. The molecule has 0 amide bonds. The molecular formula is C17H13ClN2O4. The van der Waals surface area contributed by atoms with Crippen LogP contribution < -0.4 is 0 Å². The standard InChI is InChI=1S/C17H13ClN2O4/c18-13-5-2-1-4-10(13)16-20-19-15(24-16)9-23-17(21)12-8-11(12)14-6-3-7-22-14/h1-7,11-12H,8-9H2/t11-,12-/m0/s1. The zero-order chi connectivity index (χ0) is 16.5. The summed E-state index contributed by atoms with van der Waals surface area (Å²) in [6, 6.07) is 10.8. The first-order chi connectivity index (χ1) is 11.7. The van der Waals surface area contributed by atoms with Crippen LogP contribution in [-0.2, 0) is 16.1 Å². The number of carbonyl (C=O) groups excluding carboxylic acids is 1. The molecular weight excluding hydrogens is 332 g/mol. The lowest BCUT2D eigenvalue weighted by Gasteiger charge is -2.00. The lowest BCUT2D eigenvalue weighted by molar-refractivity contribution is -0.147. The van der Waals surface area contributed by atoms with E-state index >= 15 is 0 Å². The average molecular weight is 345 g/mol. The zero-order valence-electron chi connectivity index (χ0n) is 12.5. The number of hydrogen-bond donors (Lipinski definition) is 0. The van der Waals surface area contributed by atoms with E-state index in [4.69, 9.17) is 25.2 Å². The molecule has 3 aromatic rings. The molecule has 0 N–H and O–H groups in total. The van der Waals surface area contributed by atoms with Crippen LogP contribution in [0.15, 0.2) is 51.5 Å². The number of carbonyl (C=O) groups is 1. The topological polar surface area (TPSA) is 78.4 Å². The van der Waals surface area contributed by atoms with E-state index in [2.05, 4.69) is 10.2 Å². The first-order valence-corrected chi connectivity index (χ1v) is 7.87. The van der Waals surface area contributed by atoms with Crippen molar-refractivity contribution in [3.63, 3.8) is 0 Å². The van der Waals surface area contributed by atoms with Gasteiger partial charge in [-0.3, -0.25) is 4.79 Å². The van der Waals surface area contributed by atoms with Crippen LogP contribution in [0.25, 0.3) is 11.5 Å². The highest BCUT2D eigenvalue weighted by Gasteiger charge is 2.47. The van der Waals surface area contributed by atoms with E-state index in [9.17, 15) is 4.79 Å². The monoisotopic (exact) mass is 344 g/mol. The van der Waals surface area contributed by atoms with E-state index in [1.54, 1.807) is 18.4 Å². The Morgan fingerprint density at radius 3 is 2.92 bits per heavy atom. The molecule has 6 nitrogen and oxygen atoms in total. The minimum Gasteiger partial charge on any atom is -0.469 e. The first-order valence-electron chi connectivity index (χ1n) is 7.49. The molecule has 0 saturated heterocycles. The maximum absolute atomic E-state index is 12.0. The molecule has 1 saturated carbocycles. The maximum Gasteiger partial charge on any atom is 0.310 e. The van der Waals surface area contributed by atoms with E-state index < -0.39 is 0 Å². The average Bonchev–Trinajstić information content (AvgIpc) is 3.00. The predicted molar refractivity (Wildman–Crippen MR) is 84.1 cm³/mol. The van der Waals surface area contributed by atoms with Gasteiger partial charge in [-0.05, 0) is 30.7 Å².